The van der Waals surface area contributed by atoms with E-state index in [0.717, 1.165) is 51.1 Å². The van der Waals surface area contributed by atoms with Gasteiger partial charge < -0.3 is 20.0 Å². The fourth-order valence-corrected chi connectivity index (χ4v) is 5.43. The molecule has 2 atom stereocenters. The molecule has 2 amide bonds. The molecule has 30 heavy (non-hydrogen) atoms. The zero-order valence-corrected chi connectivity index (χ0v) is 17.8. The molecule has 2 heterocycles. The van der Waals surface area contributed by atoms with Crippen LogP contribution in [-0.2, 0) is 9.59 Å². The number of hydrogen-bond acceptors (Lipinski definition) is 2. The van der Waals surface area contributed by atoms with Gasteiger partial charge in [-0.3, -0.25) is 9.59 Å². The topological polar surface area (TPSA) is 58.3 Å². The molecule has 4 rings (SSSR count). The summed E-state index contributed by atoms with van der Waals surface area (Å²) in [4.78, 5) is 29.8. The minimum Gasteiger partial charge on any atom is -0.338 e. The van der Waals surface area contributed by atoms with Crippen LogP contribution < -0.4 is 15.1 Å². The van der Waals surface area contributed by atoms with Gasteiger partial charge in [-0.15, -0.1) is 0 Å². The molecular formula is C23H35FN4O2+2. The minimum absolute atomic E-state index is 0.0495. The van der Waals surface area contributed by atoms with E-state index in [9.17, 15) is 14.0 Å². The summed E-state index contributed by atoms with van der Waals surface area (Å²) in [5, 5.41) is 2.83. The zero-order chi connectivity index (χ0) is 20.9. The molecule has 6 nitrogen and oxygen atoms in total. The molecule has 3 fully saturated rings. The third-order valence-corrected chi connectivity index (χ3v) is 7.25. The Bertz CT molecular complexity index is 733. The summed E-state index contributed by atoms with van der Waals surface area (Å²) in [6.45, 7) is 6.54. The first-order valence-corrected chi connectivity index (χ1v) is 11.6. The number of fused-ring (bicyclic) bond motifs is 1. The lowest BCUT2D eigenvalue weighted by atomic mass is 9.75. The van der Waals surface area contributed by atoms with E-state index in [1.807, 2.05) is 0 Å². The number of likely N-dealkylation sites (tertiary alicyclic amines) is 1. The second-order valence-corrected chi connectivity index (χ2v) is 9.34. The number of benzene rings is 1. The van der Waals surface area contributed by atoms with Crippen molar-refractivity contribution >= 4 is 17.5 Å². The number of piperidine rings is 1. The predicted molar refractivity (Wildman–Crippen MR) is 113 cm³/mol. The minimum atomic E-state index is -0.310. The summed E-state index contributed by atoms with van der Waals surface area (Å²) < 4.78 is 13.0. The first-order chi connectivity index (χ1) is 14.6. The number of nitrogens with one attached hydrogen (secondary N) is 3. The van der Waals surface area contributed by atoms with E-state index in [-0.39, 0.29) is 11.7 Å². The molecule has 1 aliphatic carbocycles. The van der Waals surface area contributed by atoms with Crippen molar-refractivity contribution < 1.29 is 23.8 Å². The quantitative estimate of drug-likeness (QED) is 0.609. The highest BCUT2D eigenvalue weighted by Crippen LogP contribution is 2.35. The van der Waals surface area contributed by atoms with Crippen molar-refractivity contribution in [2.75, 3.05) is 57.7 Å². The van der Waals surface area contributed by atoms with E-state index in [2.05, 4.69) is 10.2 Å². The van der Waals surface area contributed by atoms with Gasteiger partial charge in [-0.1, -0.05) is 19.3 Å². The number of halogens is 1. The summed E-state index contributed by atoms with van der Waals surface area (Å²) in [6.07, 6.45) is 6.54. The van der Waals surface area contributed by atoms with Crippen molar-refractivity contribution in [2.45, 2.75) is 32.1 Å². The summed E-state index contributed by atoms with van der Waals surface area (Å²) >= 11 is 0. The smallest absolute Gasteiger partial charge is 0.279 e. The first kappa shape index (κ1) is 21.2. The third-order valence-electron chi connectivity index (χ3n) is 7.25. The summed E-state index contributed by atoms with van der Waals surface area (Å²) in [7, 11) is 0. The van der Waals surface area contributed by atoms with Gasteiger partial charge in [-0.25, -0.2) is 4.39 Å². The molecule has 3 aliphatic rings. The Morgan fingerprint density at radius 2 is 1.57 bits per heavy atom. The van der Waals surface area contributed by atoms with Crippen LogP contribution in [0.3, 0.4) is 0 Å². The van der Waals surface area contributed by atoms with Crippen molar-refractivity contribution in [1.82, 2.24) is 4.90 Å². The molecule has 0 aromatic heterocycles. The van der Waals surface area contributed by atoms with Gasteiger partial charge in [0.1, 0.15) is 32.0 Å². The highest BCUT2D eigenvalue weighted by Gasteiger charge is 2.34. The van der Waals surface area contributed by atoms with Gasteiger partial charge in [-0.05, 0) is 48.9 Å². The first-order valence-electron chi connectivity index (χ1n) is 11.6. The van der Waals surface area contributed by atoms with Crippen molar-refractivity contribution in [3.05, 3.63) is 30.1 Å². The Morgan fingerprint density at radius 1 is 0.933 bits per heavy atom. The molecule has 0 bridgehead atoms. The van der Waals surface area contributed by atoms with Crippen LogP contribution in [0.2, 0.25) is 0 Å². The Hall–Kier alpha value is -1.99. The SMILES string of the molecule is O=C(C[NH+]1CC[NH+](CC(=O)N2CC[C@@H]3CCCC[C@@H]3C2)CC1)Nc1ccc(F)cc1. The number of piperazine rings is 1. The van der Waals surface area contributed by atoms with Gasteiger partial charge in [0.15, 0.2) is 13.1 Å². The number of carbonyl (C=O) groups excluding carboxylic acids is 2. The largest absolute Gasteiger partial charge is 0.338 e. The lowest BCUT2D eigenvalue weighted by Crippen LogP contribution is -3.28. The van der Waals surface area contributed by atoms with Crippen LogP contribution in [0.1, 0.15) is 32.1 Å². The second-order valence-electron chi connectivity index (χ2n) is 9.34. The Morgan fingerprint density at radius 3 is 2.27 bits per heavy atom. The van der Waals surface area contributed by atoms with E-state index in [4.69, 9.17) is 0 Å². The highest BCUT2D eigenvalue weighted by atomic mass is 19.1. The van der Waals surface area contributed by atoms with Crippen LogP contribution >= 0.6 is 0 Å². The molecule has 7 heteroatoms. The lowest BCUT2D eigenvalue weighted by molar-refractivity contribution is -1.00. The van der Waals surface area contributed by atoms with Crippen LogP contribution in [0.5, 0.6) is 0 Å². The second kappa shape index (κ2) is 9.88. The molecule has 2 saturated heterocycles. The molecular weight excluding hydrogens is 383 g/mol. The average molecular weight is 419 g/mol. The molecule has 2 aliphatic heterocycles. The van der Waals surface area contributed by atoms with Gasteiger partial charge in [0.25, 0.3) is 11.8 Å². The number of carbonyl (C=O) groups is 2. The number of nitrogens with zero attached hydrogens (tertiary/aromatic N) is 1. The fraction of sp³-hybridized carbons (Fsp3) is 0.652. The van der Waals surface area contributed by atoms with E-state index < -0.39 is 0 Å². The van der Waals surface area contributed by atoms with Gasteiger partial charge in [-0.2, -0.15) is 0 Å². The van der Waals surface area contributed by atoms with Crippen molar-refractivity contribution in [2.24, 2.45) is 11.8 Å². The maximum atomic E-state index is 13.0. The molecule has 0 radical (unpaired) electrons. The summed E-state index contributed by atoms with van der Waals surface area (Å²) in [5.41, 5.74) is 0.623. The predicted octanol–water partition coefficient (Wildman–Crippen LogP) is -0.414. The Labute approximate surface area is 178 Å². The molecule has 1 aromatic carbocycles. The van der Waals surface area contributed by atoms with Gasteiger partial charge in [0.05, 0.1) is 0 Å². The number of anilines is 1. The lowest BCUT2D eigenvalue weighted by Gasteiger charge is -2.41. The maximum Gasteiger partial charge on any atom is 0.279 e. The van der Waals surface area contributed by atoms with Gasteiger partial charge >= 0.3 is 0 Å². The number of amides is 2. The molecule has 1 aromatic rings. The Kier molecular flexibility index (Phi) is 7.00. The molecule has 3 N–H and O–H groups in total. The summed E-state index contributed by atoms with van der Waals surface area (Å²) in [5.74, 6) is 1.53. The standard InChI is InChI=1S/C23H33FN4O2/c24-20-5-7-21(8-6-20)25-22(29)16-26-11-13-27(14-12-26)17-23(30)28-10-9-18-3-1-2-4-19(18)15-28/h5-8,18-19H,1-4,9-17H2,(H,25,29)/p+2/t18-,19+/m0/s1. The molecule has 0 spiro atoms. The number of hydrogen-bond donors (Lipinski definition) is 3. The van der Waals surface area contributed by atoms with Gasteiger partial charge in [0, 0.05) is 18.8 Å². The summed E-state index contributed by atoms with van der Waals surface area (Å²) in [6, 6.07) is 5.84. The Balaban J connectivity index is 1.17. The molecule has 0 unspecified atom stereocenters. The highest BCUT2D eigenvalue weighted by molar-refractivity contribution is 5.91. The van der Waals surface area contributed by atoms with Crippen molar-refractivity contribution in [3.8, 4) is 0 Å². The van der Waals surface area contributed by atoms with Crippen LogP contribution in [0.25, 0.3) is 0 Å². The van der Waals surface area contributed by atoms with Crippen LogP contribution in [0.4, 0.5) is 10.1 Å². The van der Waals surface area contributed by atoms with E-state index in [1.165, 1.54) is 54.0 Å². The van der Waals surface area contributed by atoms with Crippen molar-refractivity contribution in [3.63, 3.8) is 0 Å². The fourth-order valence-electron chi connectivity index (χ4n) is 5.43. The van der Waals surface area contributed by atoms with Crippen LogP contribution in [0.15, 0.2) is 24.3 Å². The van der Waals surface area contributed by atoms with Crippen LogP contribution in [0, 0.1) is 17.7 Å². The van der Waals surface area contributed by atoms with E-state index >= 15 is 0 Å². The number of quaternary nitrogens is 2. The molecule has 164 valence electrons. The molecule has 1 saturated carbocycles. The number of rotatable bonds is 5. The average Bonchev–Trinajstić information content (AvgIpc) is 2.76. The zero-order valence-electron chi connectivity index (χ0n) is 17.8. The van der Waals surface area contributed by atoms with E-state index in [0.29, 0.717) is 24.7 Å². The van der Waals surface area contributed by atoms with Gasteiger partial charge in [0.2, 0.25) is 0 Å². The van der Waals surface area contributed by atoms with Crippen LogP contribution in [-0.4, -0.2) is 69.1 Å². The maximum absolute atomic E-state index is 13.0. The third kappa shape index (κ3) is 5.58. The normalized spacial score (nSPS) is 29.2. The van der Waals surface area contributed by atoms with Crippen molar-refractivity contribution in [1.29, 1.82) is 0 Å². The van der Waals surface area contributed by atoms with E-state index in [1.54, 1.807) is 12.1 Å². The monoisotopic (exact) mass is 418 g/mol.